The first-order chi connectivity index (χ1) is 13.2. The highest BCUT2D eigenvalue weighted by Crippen LogP contribution is 2.19. The van der Waals surface area contributed by atoms with Crippen LogP contribution in [-0.2, 0) is 13.0 Å². The molecule has 5 nitrogen and oxygen atoms in total. The van der Waals surface area contributed by atoms with Crippen LogP contribution in [0.3, 0.4) is 0 Å². The number of nitrogens with one attached hydrogen (secondary N) is 1. The van der Waals surface area contributed by atoms with Gasteiger partial charge in [-0.05, 0) is 56.5 Å². The van der Waals surface area contributed by atoms with Crippen molar-refractivity contribution in [3.05, 3.63) is 65.5 Å². The minimum absolute atomic E-state index is 0. The van der Waals surface area contributed by atoms with Crippen LogP contribution in [0.25, 0.3) is 0 Å². The number of nitrogens with zero attached hydrogens (tertiary/aromatic N) is 3. The molecule has 152 valence electrons. The normalized spacial score (nSPS) is 15.8. The van der Waals surface area contributed by atoms with Gasteiger partial charge >= 0.3 is 0 Å². The van der Waals surface area contributed by atoms with Crippen LogP contribution < -0.4 is 11.1 Å². The number of hydrogen-bond acceptors (Lipinski definition) is 3. The molecule has 0 saturated carbocycles. The molecule has 0 amide bonds. The average Bonchev–Trinajstić information content (AvgIpc) is 2.70. The second-order valence-electron chi connectivity index (χ2n) is 7.43. The van der Waals surface area contributed by atoms with Crippen LogP contribution in [0, 0.1) is 12.8 Å². The first-order valence-corrected chi connectivity index (χ1v) is 9.90. The molecular weight excluding hydrogens is 461 g/mol. The molecule has 0 spiro atoms. The summed E-state index contributed by atoms with van der Waals surface area (Å²) < 4.78 is 0. The Balaban J connectivity index is 0.00000280. The van der Waals surface area contributed by atoms with Gasteiger partial charge in [0.1, 0.15) is 0 Å². The molecule has 0 radical (unpaired) electrons. The number of pyridine rings is 1. The highest BCUT2D eigenvalue weighted by molar-refractivity contribution is 14.0. The van der Waals surface area contributed by atoms with Crippen molar-refractivity contribution in [1.82, 2.24) is 15.2 Å². The number of halogens is 1. The van der Waals surface area contributed by atoms with Gasteiger partial charge in [-0.3, -0.25) is 14.9 Å². The van der Waals surface area contributed by atoms with Crippen LogP contribution >= 0.6 is 24.0 Å². The van der Waals surface area contributed by atoms with Gasteiger partial charge in [-0.1, -0.05) is 35.9 Å². The lowest BCUT2D eigenvalue weighted by Gasteiger charge is -2.31. The van der Waals surface area contributed by atoms with Crippen molar-refractivity contribution < 1.29 is 0 Å². The number of benzene rings is 1. The van der Waals surface area contributed by atoms with E-state index in [-0.39, 0.29) is 24.0 Å². The maximum atomic E-state index is 6.00. The van der Waals surface area contributed by atoms with Gasteiger partial charge in [0, 0.05) is 37.9 Å². The van der Waals surface area contributed by atoms with Crippen LogP contribution in [0.1, 0.15) is 29.7 Å². The van der Waals surface area contributed by atoms with Crippen LogP contribution in [0.5, 0.6) is 0 Å². The lowest BCUT2D eigenvalue weighted by Crippen LogP contribution is -2.36. The van der Waals surface area contributed by atoms with E-state index in [9.17, 15) is 0 Å². The molecule has 1 saturated heterocycles. The van der Waals surface area contributed by atoms with E-state index >= 15 is 0 Å². The number of hydrogen-bond donors (Lipinski definition) is 2. The standard InChI is InChI=1S/C22H31N5.HI/c1-18-5-7-20(8-6-18)17-27-14-10-19(11-15-27)16-26-22(23)25-13-9-21-4-2-3-12-24-21;/h2-8,12,19H,9-11,13-17H2,1H3,(H3,23,25,26);1H. The zero-order valence-electron chi connectivity index (χ0n) is 16.7. The molecule has 3 N–H and O–H groups in total. The molecule has 1 aliphatic rings. The van der Waals surface area contributed by atoms with Gasteiger partial charge in [-0.2, -0.15) is 0 Å². The summed E-state index contributed by atoms with van der Waals surface area (Å²) in [5.74, 6) is 1.18. The molecule has 0 aliphatic carbocycles. The summed E-state index contributed by atoms with van der Waals surface area (Å²) in [5.41, 5.74) is 9.80. The van der Waals surface area contributed by atoms with Crippen LogP contribution in [0.15, 0.2) is 53.7 Å². The van der Waals surface area contributed by atoms with Crippen molar-refractivity contribution in [3.8, 4) is 0 Å². The third-order valence-corrected chi connectivity index (χ3v) is 5.17. The Bertz CT molecular complexity index is 709. The zero-order chi connectivity index (χ0) is 18.9. The third-order valence-electron chi connectivity index (χ3n) is 5.17. The van der Waals surface area contributed by atoms with Gasteiger partial charge in [0.05, 0.1) is 0 Å². The Kier molecular flexibility index (Phi) is 9.70. The molecule has 1 aromatic carbocycles. The highest BCUT2D eigenvalue weighted by atomic mass is 127. The molecule has 1 fully saturated rings. The molecule has 1 aromatic heterocycles. The van der Waals surface area contributed by atoms with Gasteiger partial charge in [-0.25, -0.2) is 0 Å². The Morgan fingerprint density at radius 2 is 1.93 bits per heavy atom. The van der Waals surface area contributed by atoms with Crippen molar-refractivity contribution >= 4 is 29.9 Å². The Morgan fingerprint density at radius 1 is 1.18 bits per heavy atom. The second kappa shape index (κ2) is 12.0. The van der Waals surface area contributed by atoms with Crippen molar-refractivity contribution in [1.29, 1.82) is 0 Å². The predicted octanol–water partition coefficient (Wildman–Crippen LogP) is 3.37. The topological polar surface area (TPSA) is 66.5 Å². The number of nitrogens with two attached hydrogens (primary N) is 1. The van der Waals surface area contributed by atoms with Crippen molar-refractivity contribution in [2.24, 2.45) is 16.6 Å². The largest absolute Gasteiger partial charge is 0.370 e. The van der Waals surface area contributed by atoms with Crippen LogP contribution in [0.2, 0.25) is 0 Å². The van der Waals surface area contributed by atoms with Crippen molar-refractivity contribution in [3.63, 3.8) is 0 Å². The number of piperidine rings is 1. The number of guanidine groups is 1. The fraction of sp³-hybridized carbons (Fsp3) is 0.455. The summed E-state index contributed by atoms with van der Waals surface area (Å²) in [4.78, 5) is 11.4. The zero-order valence-corrected chi connectivity index (χ0v) is 19.0. The molecule has 2 heterocycles. The molecule has 0 atom stereocenters. The van der Waals surface area contributed by atoms with Crippen molar-refractivity contribution in [2.45, 2.75) is 32.7 Å². The van der Waals surface area contributed by atoms with E-state index in [2.05, 4.69) is 51.4 Å². The minimum atomic E-state index is 0. The van der Waals surface area contributed by atoms with E-state index in [0.29, 0.717) is 11.9 Å². The van der Waals surface area contributed by atoms with E-state index in [0.717, 1.165) is 44.8 Å². The van der Waals surface area contributed by atoms with Gasteiger partial charge in [0.25, 0.3) is 0 Å². The Morgan fingerprint density at radius 3 is 2.61 bits per heavy atom. The maximum Gasteiger partial charge on any atom is 0.188 e. The van der Waals surface area contributed by atoms with Gasteiger partial charge < -0.3 is 11.1 Å². The monoisotopic (exact) mass is 493 g/mol. The van der Waals surface area contributed by atoms with Crippen LogP contribution in [0.4, 0.5) is 0 Å². The van der Waals surface area contributed by atoms with Crippen LogP contribution in [-0.4, -0.2) is 42.0 Å². The summed E-state index contributed by atoms with van der Waals surface area (Å²) in [7, 11) is 0. The minimum Gasteiger partial charge on any atom is -0.370 e. The lowest BCUT2D eigenvalue weighted by atomic mass is 9.96. The fourth-order valence-corrected chi connectivity index (χ4v) is 3.43. The molecule has 1 aliphatic heterocycles. The quantitative estimate of drug-likeness (QED) is 0.353. The first-order valence-electron chi connectivity index (χ1n) is 9.90. The fourth-order valence-electron chi connectivity index (χ4n) is 3.43. The van der Waals surface area contributed by atoms with E-state index in [1.54, 1.807) is 0 Å². The highest BCUT2D eigenvalue weighted by Gasteiger charge is 2.19. The molecule has 28 heavy (non-hydrogen) atoms. The number of likely N-dealkylation sites (tertiary alicyclic amines) is 1. The van der Waals surface area contributed by atoms with E-state index in [4.69, 9.17) is 5.73 Å². The molecule has 0 bridgehead atoms. The summed E-state index contributed by atoms with van der Waals surface area (Å²) in [6.07, 6.45) is 5.06. The van der Waals surface area contributed by atoms with E-state index < -0.39 is 0 Å². The van der Waals surface area contributed by atoms with Crippen molar-refractivity contribution in [2.75, 3.05) is 26.2 Å². The second-order valence-corrected chi connectivity index (χ2v) is 7.43. The molecule has 3 rings (SSSR count). The SMILES string of the molecule is Cc1ccc(CN2CCC(CN=C(N)NCCc3ccccn3)CC2)cc1.I. The summed E-state index contributed by atoms with van der Waals surface area (Å²) in [5, 5.41) is 3.19. The van der Waals surface area contributed by atoms with E-state index in [1.165, 1.54) is 24.0 Å². The molecule has 2 aromatic rings. The lowest BCUT2D eigenvalue weighted by molar-refractivity contribution is 0.180. The van der Waals surface area contributed by atoms with Gasteiger partial charge in [-0.15, -0.1) is 24.0 Å². The third kappa shape index (κ3) is 7.75. The Hall–Kier alpha value is -1.67. The first kappa shape index (κ1) is 22.6. The summed E-state index contributed by atoms with van der Waals surface area (Å²) in [6, 6.07) is 14.8. The van der Waals surface area contributed by atoms with Gasteiger partial charge in [0.15, 0.2) is 5.96 Å². The van der Waals surface area contributed by atoms with E-state index in [1.807, 2.05) is 24.4 Å². The molecule has 0 unspecified atom stereocenters. The maximum absolute atomic E-state index is 6.00. The molecular formula is C22H32IN5. The summed E-state index contributed by atoms with van der Waals surface area (Å²) >= 11 is 0. The average molecular weight is 493 g/mol. The molecule has 6 heteroatoms. The number of aliphatic imine (C=N–C) groups is 1. The van der Waals surface area contributed by atoms with Gasteiger partial charge in [0.2, 0.25) is 0 Å². The number of aryl methyl sites for hydroxylation is 1. The Labute approximate surface area is 185 Å². The predicted molar refractivity (Wildman–Crippen MR) is 127 cm³/mol. The number of rotatable bonds is 7. The summed E-state index contributed by atoms with van der Waals surface area (Å²) in [6.45, 7) is 7.05. The number of aromatic nitrogens is 1. The smallest absolute Gasteiger partial charge is 0.188 e.